The molecule has 2 rings (SSSR count). The van der Waals surface area contributed by atoms with Crippen molar-refractivity contribution in [2.75, 3.05) is 6.61 Å². The zero-order valence-electron chi connectivity index (χ0n) is 14.9. The maximum Gasteiger partial charge on any atom is 0.345 e. The van der Waals surface area contributed by atoms with Crippen molar-refractivity contribution in [2.24, 2.45) is 0 Å². The summed E-state index contributed by atoms with van der Waals surface area (Å²) in [5.74, 6) is -1.99. The van der Waals surface area contributed by atoms with E-state index in [2.05, 4.69) is 5.32 Å². The standard InChI is InChI=1S/C19H17ClN2O6/c1-12(23)16(9-13-5-3-2-4-6-13)21-18(24)11-28-19(25)15-8-7-14(20)10-17(15)22(26)27/h2-8,10,16H,9,11H2,1H3,(H,21,24)/t16-/m0/s1. The SMILES string of the molecule is CC(=O)[C@H](Cc1ccccc1)NC(=O)COC(=O)c1ccc(Cl)cc1[N+](=O)[O-]. The molecule has 0 heterocycles. The number of carbonyl (C=O) groups excluding carboxylic acids is 3. The highest BCUT2D eigenvalue weighted by Gasteiger charge is 2.23. The Labute approximate surface area is 165 Å². The van der Waals surface area contributed by atoms with Crippen LogP contribution < -0.4 is 5.32 Å². The van der Waals surface area contributed by atoms with Crippen LogP contribution in [0, 0.1) is 10.1 Å². The average Bonchev–Trinajstić information content (AvgIpc) is 2.66. The number of benzene rings is 2. The molecular formula is C19H17ClN2O6. The van der Waals surface area contributed by atoms with Crippen LogP contribution in [0.1, 0.15) is 22.8 Å². The summed E-state index contributed by atoms with van der Waals surface area (Å²) < 4.78 is 4.84. The lowest BCUT2D eigenvalue weighted by Crippen LogP contribution is -2.43. The molecule has 0 aromatic heterocycles. The lowest BCUT2D eigenvalue weighted by Gasteiger charge is -2.16. The first kappa shape index (κ1) is 21.0. The second-order valence-corrected chi connectivity index (χ2v) is 6.35. The molecule has 0 aliphatic heterocycles. The average molecular weight is 405 g/mol. The first-order chi connectivity index (χ1) is 13.3. The molecule has 0 aliphatic carbocycles. The van der Waals surface area contributed by atoms with Gasteiger partial charge in [0.05, 0.1) is 11.0 Å². The lowest BCUT2D eigenvalue weighted by molar-refractivity contribution is -0.385. The van der Waals surface area contributed by atoms with Gasteiger partial charge in [-0.15, -0.1) is 0 Å². The Hall–Kier alpha value is -3.26. The van der Waals surface area contributed by atoms with Gasteiger partial charge in [-0.2, -0.15) is 0 Å². The molecule has 0 fully saturated rings. The number of halogens is 1. The van der Waals surface area contributed by atoms with E-state index in [1.807, 2.05) is 30.3 Å². The van der Waals surface area contributed by atoms with Crippen molar-refractivity contribution in [3.05, 3.63) is 74.8 Å². The lowest BCUT2D eigenvalue weighted by atomic mass is 10.0. The number of nitro benzene ring substituents is 1. The molecule has 28 heavy (non-hydrogen) atoms. The molecule has 0 aliphatic rings. The minimum absolute atomic E-state index is 0.0891. The number of hydrogen-bond donors (Lipinski definition) is 1. The van der Waals surface area contributed by atoms with E-state index in [0.717, 1.165) is 17.7 Å². The van der Waals surface area contributed by atoms with Gasteiger partial charge in [0.2, 0.25) is 0 Å². The van der Waals surface area contributed by atoms with E-state index in [-0.39, 0.29) is 16.4 Å². The van der Waals surface area contributed by atoms with Crippen molar-refractivity contribution < 1.29 is 24.0 Å². The summed E-state index contributed by atoms with van der Waals surface area (Å²) in [6.07, 6.45) is 0.290. The Balaban J connectivity index is 1.98. The molecule has 1 amide bonds. The Bertz CT molecular complexity index is 901. The van der Waals surface area contributed by atoms with Gasteiger partial charge < -0.3 is 10.1 Å². The van der Waals surface area contributed by atoms with Crippen LogP contribution in [0.4, 0.5) is 5.69 Å². The molecule has 1 N–H and O–H groups in total. The van der Waals surface area contributed by atoms with E-state index < -0.39 is 35.1 Å². The first-order valence-corrected chi connectivity index (χ1v) is 8.60. The maximum atomic E-state index is 12.1. The largest absolute Gasteiger partial charge is 0.452 e. The van der Waals surface area contributed by atoms with Crippen molar-refractivity contribution >= 4 is 34.9 Å². The summed E-state index contributed by atoms with van der Waals surface area (Å²) in [4.78, 5) is 46.2. The van der Waals surface area contributed by atoms with Gasteiger partial charge >= 0.3 is 5.97 Å². The van der Waals surface area contributed by atoms with E-state index in [4.69, 9.17) is 16.3 Å². The number of Topliss-reactive ketones (excluding diaryl/α,β-unsaturated/α-hetero) is 1. The summed E-state index contributed by atoms with van der Waals surface area (Å²) in [6.45, 7) is 0.661. The normalized spacial score (nSPS) is 11.4. The number of ketones is 1. The highest BCUT2D eigenvalue weighted by Crippen LogP contribution is 2.23. The fraction of sp³-hybridized carbons (Fsp3) is 0.211. The third-order valence-corrected chi connectivity index (χ3v) is 4.05. The second-order valence-electron chi connectivity index (χ2n) is 5.92. The Morgan fingerprint density at radius 1 is 1.18 bits per heavy atom. The highest BCUT2D eigenvalue weighted by molar-refractivity contribution is 6.31. The van der Waals surface area contributed by atoms with E-state index in [9.17, 15) is 24.5 Å². The number of nitrogens with one attached hydrogen (secondary N) is 1. The number of esters is 1. The van der Waals surface area contributed by atoms with Crippen LogP contribution in [0.3, 0.4) is 0 Å². The molecular weight excluding hydrogens is 388 g/mol. The second kappa shape index (κ2) is 9.61. The monoisotopic (exact) mass is 404 g/mol. The molecule has 2 aromatic rings. The predicted octanol–water partition coefficient (Wildman–Crippen LogP) is 2.72. The Kier molecular flexibility index (Phi) is 7.22. The van der Waals surface area contributed by atoms with E-state index >= 15 is 0 Å². The number of carbonyl (C=O) groups is 3. The molecule has 146 valence electrons. The number of ether oxygens (including phenoxy) is 1. The van der Waals surface area contributed by atoms with Gasteiger partial charge in [0.25, 0.3) is 11.6 Å². The summed E-state index contributed by atoms with van der Waals surface area (Å²) in [5.41, 5.74) is 0.00925. The van der Waals surface area contributed by atoms with Gasteiger partial charge in [0, 0.05) is 11.1 Å². The first-order valence-electron chi connectivity index (χ1n) is 8.22. The topological polar surface area (TPSA) is 116 Å². The van der Waals surface area contributed by atoms with E-state index in [1.54, 1.807) is 0 Å². The third kappa shape index (κ3) is 5.88. The zero-order valence-corrected chi connectivity index (χ0v) is 15.6. The van der Waals surface area contributed by atoms with E-state index in [1.165, 1.54) is 13.0 Å². The number of nitrogens with zero attached hydrogens (tertiary/aromatic N) is 1. The van der Waals surface area contributed by atoms with Crippen molar-refractivity contribution in [1.82, 2.24) is 5.32 Å². The summed E-state index contributed by atoms with van der Waals surface area (Å²) in [5, 5.41) is 13.6. The van der Waals surface area contributed by atoms with Crippen molar-refractivity contribution in [3.63, 3.8) is 0 Å². The number of nitro groups is 1. The summed E-state index contributed by atoms with van der Waals surface area (Å²) in [6, 6.07) is 11.8. The summed E-state index contributed by atoms with van der Waals surface area (Å²) in [7, 11) is 0. The molecule has 0 saturated carbocycles. The Morgan fingerprint density at radius 3 is 2.46 bits per heavy atom. The molecule has 0 unspecified atom stereocenters. The van der Waals surface area contributed by atoms with Crippen LogP contribution in [0.15, 0.2) is 48.5 Å². The number of amides is 1. The van der Waals surface area contributed by atoms with Crippen molar-refractivity contribution in [1.29, 1.82) is 0 Å². The van der Waals surface area contributed by atoms with Gasteiger partial charge in [0.15, 0.2) is 12.4 Å². The van der Waals surface area contributed by atoms with Crippen LogP contribution in [0.25, 0.3) is 0 Å². The van der Waals surface area contributed by atoms with Gasteiger partial charge in [-0.25, -0.2) is 4.79 Å². The summed E-state index contributed by atoms with van der Waals surface area (Å²) >= 11 is 5.69. The fourth-order valence-electron chi connectivity index (χ4n) is 2.42. The van der Waals surface area contributed by atoms with Gasteiger partial charge in [-0.05, 0) is 31.0 Å². The highest BCUT2D eigenvalue weighted by atomic mass is 35.5. The van der Waals surface area contributed by atoms with Crippen LogP contribution in [0.5, 0.6) is 0 Å². The smallest absolute Gasteiger partial charge is 0.345 e. The third-order valence-electron chi connectivity index (χ3n) is 3.82. The van der Waals surface area contributed by atoms with Crippen molar-refractivity contribution in [3.8, 4) is 0 Å². The van der Waals surface area contributed by atoms with Crippen LogP contribution in [-0.2, 0) is 20.7 Å². The minimum atomic E-state index is -1.04. The molecule has 9 heteroatoms. The van der Waals surface area contributed by atoms with E-state index in [0.29, 0.717) is 6.42 Å². The molecule has 0 bridgehead atoms. The quantitative estimate of drug-likeness (QED) is 0.411. The Morgan fingerprint density at radius 2 is 1.86 bits per heavy atom. The van der Waals surface area contributed by atoms with Crippen LogP contribution in [-0.4, -0.2) is 35.2 Å². The van der Waals surface area contributed by atoms with Gasteiger partial charge in [-0.3, -0.25) is 19.7 Å². The van der Waals surface area contributed by atoms with Gasteiger partial charge in [0.1, 0.15) is 5.56 Å². The molecule has 8 nitrogen and oxygen atoms in total. The molecule has 1 atom stereocenters. The van der Waals surface area contributed by atoms with Gasteiger partial charge in [-0.1, -0.05) is 41.9 Å². The molecule has 0 saturated heterocycles. The van der Waals surface area contributed by atoms with Crippen LogP contribution >= 0.6 is 11.6 Å². The molecule has 0 spiro atoms. The van der Waals surface area contributed by atoms with Crippen LogP contribution in [0.2, 0.25) is 5.02 Å². The molecule has 0 radical (unpaired) electrons. The number of rotatable bonds is 8. The fourth-order valence-corrected chi connectivity index (χ4v) is 2.59. The minimum Gasteiger partial charge on any atom is -0.452 e. The zero-order chi connectivity index (χ0) is 20.7. The number of hydrogen-bond acceptors (Lipinski definition) is 6. The predicted molar refractivity (Wildman–Crippen MR) is 101 cm³/mol. The molecule has 2 aromatic carbocycles. The maximum absolute atomic E-state index is 12.1. The van der Waals surface area contributed by atoms with Crippen molar-refractivity contribution in [2.45, 2.75) is 19.4 Å².